The van der Waals surface area contributed by atoms with Gasteiger partial charge in [0.05, 0.1) is 10.8 Å². The van der Waals surface area contributed by atoms with Crippen molar-refractivity contribution in [1.29, 1.82) is 0 Å². The first-order valence-electron chi connectivity index (χ1n) is 8.86. The number of thiazole rings is 1. The van der Waals surface area contributed by atoms with E-state index in [4.69, 9.17) is 0 Å². The van der Waals surface area contributed by atoms with E-state index in [9.17, 15) is 13.2 Å². The molecule has 1 heterocycles. The molecule has 2 aromatic rings. The normalized spacial score (nSPS) is 16.5. The van der Waals surface area contributed by atoms with Gasteiger partial charge in [-0.25, -0.2) is 13.4 Å². The lowest BCUT2D eigenvalue weighted by molar-refractivity contribution is -0.118. The Bertz CT molecular complexity index is 866. The summed E-state index contributed by atoms with van der Waals surface area (Å²) in [5.74, 6) is 0.174. The van der Waals surface area contributed by atoms with Gasteiger partial charge >= 0.3 is 0 Å². The zero-order valence-electron chi connectivity index (χ0n) is 15.1. The van der Waals surface area contributed by atoms with Crippen LogP contribution in [0.15, 0.2) is 35.4 Å². The summed E-state index contributed by atoms with van der Waals surface area (Å²) in [5.41, 5.74) is 0.857. The first-order valence-corrected chi connectivity index (χ1v) is 11.6. The molecular formula is C19H24N2O3S2. The number of aromatic nitrogens is 1. The van der Waals surface area contributed by atoms with Crippen molar-refractivity contribution in [1.82, 2.24) is 4.98 Å². The first-order chi connectivity index (χ1) is 12.3. The molecule has 7 heteroatoms. The third kappa shape index (κ3) is 4.71. The minimum Gasteiger partial charge on any atom is -0.301 e. The van der Waals surface area contributed by atoms with Gasteiger partial charge in [-0.1, -0.05) is 37.8 Å². The lowest BCUT2D eigenvalue weighted by Gasteiger charge is -2.20. The van der Waals surface area contributed by atoms with Gasteiger partial charge in [-0.15, -0.1) is 11.3 Å². The van der Waals surface area contributed by atoms with E-state index < -0.39 is 9.84 Å². The van der Waals surface area contributed by atoms with Crippen LogP contribution in [-0.2, 0) is 14.6 Å². The number of hydrogen-bond donors (Lipinski definition) is 1. The highest BCUT2D eigenvalue weighted by atomic mass is 32.2. The lowest BCUT2D eigenvalue weighted by atomic mass is 9.87. The van der Waals surface area contributed by atoms with Gasteiger partial charge < -0.3 is 5.32 Å². The molecular weight excluding hydrogens is 368 g/mol. The Morgan fingerprint density at radius 3 is 2.46 bits per heavy atom. The van der Waals surface area contributed by atoms with Gasteiger partial charge in [0, 0.05) is 17.3 Å². The van der Waals surface area contributed by atoms with Crippen LogP contribution in [0, 0.1) is 12.8 Å². The summed E-state index contributed by atoms with van der Waals surface area (Å²) in [6, 6.07) is 6.71. The van der Waals surface area contributed by atoms with Crippen LogP contribution in [0.3, 0.4) is 0 Å². The minimum absolute atomic E-state index is 0.0710. The molecule has 1 N–H and O–H groups in total. The number of amides is 1. The highest BCUT2D eigenvalue weighted by molar-refractivity contribution is 7.90. The predicted octanol–water partition coefficient (Wildman–Crippen LogP) is 4.16. The molecule has 5 nitrogen and oxygen atoms in total. The quantitative estimate of drug-likeness (QED) is 0.801. The second-order valence-corrected chi connectivity index (χ2v) is 10.3. The van der Waals surface area contributed by atoms with E-state index in [1.807, 2.05) is 6.92 Å². The summed E-state index contributed by atoms with van der Waals surface area (Å²) in [7, 11) is -3.24. The summed E-state index contributed by atoms with van der Waals surface area (Å²) in [5, 5.41) is 3.54. The molecule has 140 valence electrons. The number of rotatable bonds is 6. The van der Waals surface area contributed by atoms with Crippen molar-refractivity contribution < 1.29 is 13.2 Å². The Labute approximate surface area is 158 Å². The average Bonchev–Trinajstić information content (AvgIpc) is 3.23. The van der Waals surface area contributed by atoms with E-state index in [-0.39, 0.29) is 16.7 Å². The van der Waals surface area contributed by atoms with E-state index in [1.165, 1.54) is 30.4 Å². The molecule has 1 saturated carbocycles. The zero-order chi connectivity index (χ0) is 18.7. The Balaban J connectivity index is 1.83. The summed E-state index contributed by atoms with van der Waals surface area (Å²) < 4.78 is 23.4. The monoisotopic (exact) mass is 392 g/mol. The smallest absolute Gasteiger partial charge is 0.233 e. The van der Waals surface area contributed by atoms with Gasteiger partial charge in [0.1, 0.15) is 0 Å². The number of benzene rings is 1. The van der Waals surface area contributed by atoms with Crippen molar-refractivity contribution in [2.75, 3.05) is 11.6 Å². The van der Waals surface area contributed by atoms with Crippen LogP contribution in [0.25, 0.3) is 0 Å². The summed E-state index contributed by atoms with van der Waals surface area (Å²) in [6.45, 7) is 1.95. The van der Waals surface area contributed by atoms with Crippen LogP contribution in [0.1, 0.15) is 48.5 Å². The maximum absolute atomic E-state index is 12.9. The Morgan fingerprint density at radius 1 is 1.27 bits per heavy atom. The van der Waals surface area contributed by atoms with Crippen LogP contribution >= 0.6 is 11.3 Å². The molecule has 26 heavy (non-hydrogen) atoms. The highest BCUT2D eigenvalue weighted by Gasteiger charge is 2.27. The van der Waals surface area contributed by atoms with E-state index in [0.29, 0.717) is 11.0 Å². The maximum atomic E-state index is 12.9. The predicted molar refractivity (Wildman–Crippen MR) is 104 cm³/mol. The first kappa shape index (κ1) is 19.0. The van der Waals surface area contributed by atoms with Crippen molar-refractivity contribution in [2.45, 2.75) is 49.8 Å². The molecule has 1 aromatic heterocycles. The molecule has 0 aliphatic heterocycles. The fourth-order valence-corrected chi connectivity index (χ4v) is 4.82. The van der Waals surface area contributed by atoms with Crippen molar-refractivity contribution in [3.63, 3.8) is 0 Å². The Hall–Kier alpha value is -1.73. The number of hydrogen-bond acceptors (Lipinski definition) is 5. The summed E-state index contributed by atoms with van der Waals surface area (Å²) in [6.07, 6.45) is 8.47. The number of nitrogens with one attached hydrogen (secondary N) is 1. The molecule has 0 saturated heterocycles. The standard InChI is InChI=1S/C19H24N2O3S2/c1-13-12-20-19(25-13)21-18(22)17(11-14-5-3-4-6-14)15-7-9-16(10-8-15)26(2,23)24/h7-10,12,14,17H,3-6,11H2,1-2H3,(H,20,21,22)/t17-/m1/s1. The molecule has 0 spiro atoms. The summed E-state index contributed by atoms with van der Waals surface area (Å²) >= 11 is 1.45. The topological polar surface area (TPSA) is 76.1 Å². The second-order valence-electron chi connectivity index (χ2n) is 7.05. The minimum atomic E-state index is -3.24. The van der Waals surface area contributed by atoms with Gasteiger partial charge in [-0.3, -0.25) is 4.79 Å². The van der Waals surface area contributed by atoms with E-state index >= 15 is 0 Å². The molecule has 1 aromatic carbocycles. The molecule has 1 atom stereocenters. The van der Waals surface area contributed by atoms with Crippen LogP contribution < -0.4 is 5.32 Å². The molecule has 3 rings (SSSR count). The highest BCUT2D eigenvalue weighted by Crippen LogP contribution is 2.35. The fourth-order valence-electron chi connectivity index (χ4n) is 3.53. The number of carbonyl (C=O) groups is 1. The molecule has 1 aliphatic rings. The summed E-state index contributed by atoms with van der Waals surface area (Å²) in [4.78, 5) is 18.5. The van der Waals surface area contributed by atoms with Gasteiger partial charge in [-0.05, 0) is 37.0 Å². The van der Waals surface area contributed by atoms with Crippen molar-refractivity contribution in [3.05, 3.63) is 40.9 Å². The number of aryl methyl sites for hydroxylation is 1. The number of carbonyl (C=O) groups excluding carboxylic acids is 1. The Kier molecular flexibility index (Phi) is 5.77. The molecule has 1 amide bonds. The van der Waals surface area contributed by atoms with Crippen LogP contribution in [-0.4, -0.2) is 25.6 Å². The molecule has 0 radical (unpaired) electrons. The molecule has 1 fully saturated rings. The van der Waals surface area contributed by atoms with Gasteiger partial charge in [0.25, 0.3) is 0 Å². The third-order valence-corrected chi connectivity index (χ3v) is 6.88. The van der Waals surface area contributed by atoms with Crippen LogP contribution in [0.4, 0.5) is 5.13 Å². The van der Waals surface area contributed by atoms with Crippen molar-refractivity contribution in [3.8, 4) is 0 Å². The largest absolute Gasteiger partial charge is 0.301 e. The number of anilines is 1. The molecule has 0 bridgehead atoms. The zero-order valence-corrected chi connectivity index (χ0v) is 16.7. The second kappa shape index (κ2) is 7.88. The molecule has 0 unspecified atom stereocenters. The van der Waals surface area contributed by atoms with Crippen molar-refractivity contribution >= 4 is 32.2 Å². The van der Waals surface area contributed by atoms with Crippen molar-refractivity contribution in [2.24, 2.45) is 5.92 Å². The van der Waals surface area contributed by atoms with Crippen LogP contribution in [0.5, 0.6) is 0 Å². The lowest BCUT2D eigenvalue weighted by Crippen LogP contribution is -2.23. The number of nitrogens with zero attached hydrogens (tertiary/aromatic N) is 1. The maximum Gasteiger partial charge on any atom is 0.233 e. The van der Waals surface area contributed by atoms with Gasteiger partial charge in [0.2, 0.25) is 5.91 Å². The van der Waals surface area contributed by atoms with Gasteiger partial charge in [-0.2, -0.15) is 0 Å². The SMILES string of the molecule is Cc1cnc(NC(=O)[C@H](CC2CCCC2)c2ccc(S(C)(=O)=O)cc2)s1. The van der Waals surface area contributed by atoms with E-state index in [0.717, 1.165) is 29.7 Å². The van der Waals surface area contributed by atoms with Gasteiger partial charge in [0.15, 0.2) is 15.0 Å². The third-order valence-electron chi connectivity index (χ3n) is 4.92. The number of sulfone groups is 1. The average molecular weight is 393 g/mol. The van der Waals surface area contributed by atoms with Crippen LogP contribution in [0.2, 0.25) is 0 Å². The van der Waals surface area contributed by atoms with E-state index in [1.54, 1.807) is 30.5 Å². The fraction of sp³-hybridized carbons (Fsp3) is 0.474. The molecule has 1 aliphatic carbocycles. The van der Waals surface area contributed by atoms with E-state index in [2.05, 4.69) is 10.3 Å². The Morgan fingerprint density at radius 2 is 1.92 bits per heavy atom.